The van der Waals surface area contributed by atoms with Gasteiger partial charge in [0.15, 0.2) is 5.58 Å². The predicted octanol–water partition coefficient (Wildman–Crippen LogP) is 5.50. The number of H-pyrrole nitrogens is 1. The first-order chi connectivity index (χ1) is 14.5. The molecule has 5 nitrogen and oxygen atoms in total. The van der Waals surface area contributed by atoms with Crippen molar-refractivity contribution in [1.29, 1.82) is 0 Å². The van der Waals surface area contributed by atoms with E-state index in [9.17, 15) is 9.18 Å². The minimum absolute atomic E-state index is 0.158. The van der Waals surface area contributed by atoms with Gasteiger partial charge in [0.05, 0.1) is 5.52 Å². The number of aromatic nitrogens is 1. The molecule has 0 spiro atoms. The first-order valence-corrected chi connectivity index (χ1v) is 10.3. The minimum Gasteiger partial charge on any atom is -0.408 e. The van der Waals surface area contributed by atoms with Crippen LogP contribution in [-0.2, 0) is 0 Å². The summed E-state index contributed by atoms with van der Waals surface area (Å²) in [6, 6.07) is 10.9. The number of halogens is 1. The van der Waals surface area contributed by atoms with Crippen molar-refractivity contribution in [3.05, 3.63) is 81.8 Å². The van der Waals surface area contributed by atoms with Crippen molar-refractivity contribution in [1.82, 2.24) is 4.98 Å². The average molecular weight is 407 g/mol. The summed E-state index contributed by atoms with van der Waals surface area (Å²) in [6.07, 6.45) is 7.21. The van der Waals surface area contributed by atoms with Crippen LogP contribution in [0.2, 0.25) is 0 Å². The number of rotatable bonds is 5. The molecule has 0 saturated carbocycles. The van der Waals surface area contributed by atoms with Crippen molar-refractivity contribution in [2.45, 2.75) is 33.1 Å². The van der Waals surface area contributed by atoms with Crippen molar-refractivity contribution < 1.29 is 8.81 Å². The Kier molecular flexibility index (Phi) is 5.74. The molecule has 2 heterocycles. The second kappa shape index (κ2) is 8.61. The van der Waals surface area contributed by atoms with Crippen LogP contribution in [0.25, 0.3) is 11.1 Å². The van der Waals surface area contributed by atoms with Gasteiger partial charge in [-0.3, -0.25) is 4.98 Å². The molecular weight excluding hydrogens is 381 g/mol. The number of hydrogen-bond donors (Lipinski definition) is 2. The van der Waals surface area contributed by atoms with Crippen LogP contribution in [0.1, 0.15) is 31.7 Å². The molecule has 2 N–H and O–H groups in total. The van der Waals surface area contributed by atoms with E-state index in [1.165, 1.54) is 5.57 Å². The van der Waals surface area contributed by atoms with Crippen LogP contribution in [0.5, 0.6) is 0 Å². The van der Waals surface area contributed by atoms with Crippen molar-refractivity contribution >= 4 is 22.5 Å². The molecule has 1 aromatic heterocycles. The molecule has 1 aliphatic heterocycles. The minimum atomic E-state index is -0.448. The van der Waals surface area contributed by atoms with Gasteiger partial charge in [-0.1, -0.05) is 18.6 Å². The summed E-state index contributed by atoms with van der Waals surface area (Å²) in [5.74, 6) is -0.606. The van der Waals surface area contributed by atoms with E-state index in [1.54, 1.807) is 13.0 Å². The van der Waals surface area contributed by atoms with E-state index >= 15 is 0 Å². The van der Waals surface area contributed by atoms with E-state index in [2.05, 4.69) is 34.3 Å². The van der Waals surface area contributed by atoms with Crippen molar-refractivity contribution in [3.63, 3.8) is 0 Å². The molecule has 1 fully saturated rings. The molecule has 0 radical (unpaired) electrons. The zero-order chi connectivity index (χ0) is 21.1. The molecule has 4 rings (SSSR count). The number of hydrogen-bond acceptors (Lipinski definition) is 4. The maximum atomic E-state index is 13.5. The Morgan fingerprint density at radius 3 is 2.77 bits per heavy atom. The Hall–Kier alpha value is -3.28. The molecule has 0 atom stereocenters. The first-order valence-electron chi connectivity index (χ1n) is 10.3. The van der Waals surface area contributed by atoms with Gasteiger partial charge in [0.1, 0.15) is 5.82 Å². The quantitative estimate of drug-likeness (QED) is 0.586. The number of piperidine rings is 1. The highest BCUT2D eigenvalue weighted by atomic mass is 19.1. The van der Waals surface area contributed by atoms with E-state index in [4.69, 9.17) is 4.42 Å². The Morgan fingerprint density at radius 2 is 2.03 bits per heavy atom. The fourth-order valence-corrected chi connectivity index (χ4v) is 3.80. The third-order valence-electron chi connectivity index (χ3n) is 5.41. The molecule has 0 unspecified atom stereocenters. The number of aryl methyl sites for hydroxylation is 1. The summed E-state index contributed by atoms with van der Waals surface area (Å²) >= 11 is 0. The SMILES string of the molecule is CC/C=C(/C=C1CCN(c2ccc(F)c(C)c2)CC1)Nc1ccc2[nH]c(=O)oc2c1. The smallest absolute Gasteiger partial charge is 0.408 e. The van der Waals surface area contributed by atoms with E-state index in [-0.39, 0.29) is 5.82 Å². The fraction of sp³-hybridized carbons (Fsp3) is 0.292. The molecule has 0 bridgehead atoms. The lowest BCUT2D eigenvalue weighted by Crippen LogP contribution is -2.30. The molecule has 156 valence electrons. The monoisotopic (exact) mass is 407 g/mol. The van der Waals surface area contributed by atoms with E-state index < -0.39 is 5.76 Å². The van der Waals surface area contributed by atoms with E-state index in [1.807, 2.05) is 30.3 Å². The highest BCUT2D eigenvalue weighted by molar-refractivity contribution is 5.77. The van der Waals surface area contributed by atoms with E-state index in [0.29, 0.717) is 16.7 Å². The molecule has 1 aliphatic rings. The number of aromatic amines is 1. The fourth-order valence-electron chi connectivity index (χ4n) is 3.80. The highest BCUT2D eigenvalue weighted by Gasteiger charge is 2.15. The Balaban J connectivity index is 1.45. The lowest BCUT2D eigenvalue weighted by atomic mass is 10.0. The van der Waals surface area contributed by atoms with Gasteiger partial charge in [-0.2, -0.15) is 0 Å². The standard InChI is InChI=1S/C24H26FN3O2/c1-3-4-18(26-19-5-8-22-23(15-19)30-24(29)27-22)14-17-9-11-28(12-10-17)20-6-7-21(25)16(2)13-20/h4-8,13-15,26H,3,9-12H2,1-2H3,(H,27,29)/b18-4-. The van der Waals surface area contributed by atoms with Gasteiger partial charge in [-0.25, -0.2) is 9.18 Å². The van der Waals surface area contributed by atoms with Gasteiger partial charge in [0, 0.05) is 36.2 Å². The number of oxazole rings is 1. The number of allylic oxidation sites excluding steroid dienone is 2. The van der Waals surface area contributed by atoms with Crippen LogP contribution in [0.3, 0.4) is 0 Å². The summed E-state index contributed by atoms with van der Waals surface area (Å²) in [6.45, 7) is 5.74. The Bertz CT molecular complexity index is 1160. The number of nitrogens with one attached hydrogen (secondary N) is 2. The van der Waals surface area contributed by atoms with E-state index in [0.717, 1.165) is 49.4 Å². The number of nitrogens with zero attached hydrogens (tertiary/aromatic N) is 1. The second-order valence-corrected chi connectivity index (χ2v) is 7.64. The van der Waals surface area contributed by atoms with Gasteiger partial charge in [0.2, 0.25) is 0 Å². The number of fused-ring (bicyclic) bond motifs is 1. The number of anilines is 2. The molecule has 2 aromatic carbocycles. The molecule has 3 aromatic rings. The Morgan fingerprint density at radius 1 is 1.23 bits per heavy atom. The normalized spacial score (nSPS) is 15.0. The summed E-state index contributed by atoms with van der Waals surface area (Å²) < 4.78 is 18.7. The molecule has 30 heavy (non-hydrogen) atoms. The highest BCUT2D eigenvalue weighted by Crippen LogP contribution is 2.26. The molecular formula is C24H26FN3O2. The number of benzene rings is 2. The summed E-state index contributed by atoms with van der Waals surface area (Å²) in [4.78, 5) is 16.3. The third kappa shape index (κ3) is 4.48. The van der Waals surface area contributed by atoms with Crippen LogP contribution in [0, 0.1) is 12.7 Å². The lowest BCUT2D eigenvalue weighted by molar-refractivity contribution is 0.555. The van der Waals surface area contributed by atoms with Crippen LogP contribution in [0.15, 0.2) is 69.0 Å². The predicted molar refractivity (Wildman–Crippen MR) is 119 cm³/mol. The first kappa shape index (κ1) is 20.0. The lowest BCUT2D eigenvalue weighted by Gasteiger charge is -2.31. The summed E-state index contributed by atoms with van der Waals surface area (Å²) in [5, 5.41) is 3.44. The molecule has 0 aliphatic carbocycles. The van der Waals surface area contributed by atoms with Crippen molar-refractivity contribution in [2.75, 3.05) is 23.3 Å². The van der Waals surface area contributed by atoms with Gasteiger partial charge in [-0.15, -0.1) is 0 Å². The maximum Gasteiger partial charge on any atom is 0.417 e. The molecule has 0 amide bonds. The van der Waals surface area contributed by atoms with Gasteiger partial charge < -0.3 is 14.6 Å². The maximum absolute atomic E-state index is 13.5. The van der Waals surface area contributed by atoms with Crippen LogP contribution in [-0.4, -0.2) is 18.1 Å². The van der Waals surface area contributed by atoms with Crippen LogP contribution in [0.4, 0.5) is 15.8 Å². The van der Waals surface area contributed by atoms with Crippen molar-refractivity contribution in [3.8, 4) is 0 Å². The third-order valence-corrected chi connectivity index (χ3v) is 5.41. The zero-order valence-corrected chi connectivity index (χ0v) is 17.3. The van der Waals surface area contributed by atoms with Gasteiger partial charge in [-0.05, 0) is 68.2 Å². The summed E-state index contributed by atoms with van der Waals surface area (Å²) in [5.41, 5.74) is 6.28. The van der Waals surface area contributed by atoms with Crippen LogP contribution < -0.4 is 16.0 Å². The summed E-state index contributed by atoms with van der Waals surface area (Å²) in [7, 11) is 0. The van der Waals surface area contributed by atoms with Gasteiger partial charge >= 0.3 is 5.76 Å². The second-order valence-electron chi connectivity index (χ2n) is 7.64. The van der Waals surface area contributed by atoms with Crippen LogP contribution >= 0.6 is 0 Å². The van der Waals surface area contributed by atoms with Crippen molar-refractivity contribution in [2.24, 2.45) is 0 Å². The largest absolute Gasteiger partial charge is 0.417 e. The molecule has 6 heteroatoms. The topological polar surface area (TPSA) is 61.3 Å². The van der Waals surface area contributed by atoms with Gasteiger partial charge in [0.25, 0.3) is 0 Å². The zero-order valence-electron chi connectivity index (χ0n) is 17.3. The average Bonchev–Trinajstić information content (AvgIpc) is 3.10. The Labute approximate surface area is 174 Å². The molecule has 1 saturated heterocycles.